The van der Waals surface area contributed by atoms with E-state index in [4.69, 9.17) is 11.6 Å². The molecule has 0 aliphatic heterocycles. The molecule has 2 aromatic rings. The average Bonchev–Trinajstić information content (AvgIpc) is 2.94. The monoisotopic (exact) mass is 315 g/mol. The summed E-state index contributed by atoms with van der Waals surface area (Å²) in [6, 6.07) is 12.9. The Morgan fingerprint density at radius 2 is 1.84 bits per heavy atom. The van der Waals surface area contributed by atoms with Crippen LogP contribution in [0, 0.1) is 0 Å². The van der Waals surface area contributed by atoms with Crippen LogP contribution in [0.5, 0.6) is 0 Å². The molecular weight excluding hydrogens is 302 g/mol. The summed E-state index contributed by atoms with van der Waals surface area (Å²) < 4.78 is 26.7. The Morgan fingerprint density at radius 1 is 1.11 bits per heavy atom. The minimum Gasteiger partial charge on any atom is -0.206 e. The van der Waals surface area contributed by atoms with Crippen LogP contribution < -0.4 is 0 Å². The maximum Gasteiger partial charge on any atom is 0.252 e. The molecule has 0 bridgehead atoms. The lowest BCUT2D eigenvalue weighted by atomic mass is 10.2. The molecule has 0 N–H and O–H groups in total. The molecule has 6 heteroatoms. The first kappa shape index (κ1) is 14.5. The van der Waals surface area contributed by atoms with Gasteiger partial charge in [0.2, 0.25) is 0 Å². The standard InChI is InChI=1S/C13H14ClNO2S2/c14-8-9-15(11-12-5-2-1-3-6-12)19(16,17)13-7-4-10-18-13/h1-7,10H,8-9,11H2. The van der Waals surface area contributed by atoms with Crippen LogP contribution in [0.25, 0.3) is 0 Å². The third-order valence-corrected chi connectivity index (χ3v) is 6.01. The highest BCUT2D eigenvalue weighted by molar-refractivity contribution is 7.91. The normalized spacial score (nSPS) is 11.9. The van der Waals surface area contributed by atoms with Gasteiger partial charge in [-0.05, 0) is 17.0 Å². The van der Waals surface area contributed by atoms with Crippen LogP contribution in [0.1, 0.15) is 5.56 Å². The van der Waals surface area contributed by atoms with Crippen molar-refractivity contribution in [3.05, 3.63) is 53.4 Å². The molecule has 0 amide bonds. The fraction of sp³-hybridized carbons (Fsp3) is 0.231. The van der Waals surface area contributed by atoms with Crippen LogP contribution in [0.4, 0.5) is 0 Å². The molecule has 0 saturated heterocycles. The molecule has 1 aromatic carbocycles. The Morgan fingerprint density at radius 3 is 2.42 bits per heavy atom. The van der Waals surface area contributed by atoms with Crippen molar-refractivity contribution in [2.75, 3.05) is 12.4 Å². The smallest absolute Gasteiger partial charge is 0.206 e. The number of halogens is 1. The van der Waals surface area contributed by atoms with E-state index >= 15 is 0 Å². The van der Waals surface area contributed by atoms with Crippen molar-refractivity contribution in [1.29, 1.82) is 0 Å². The second-order valence-electron chi connectivity index (χ2n) is 3.95. The molecule has 0 fully saturated rings. The lowest BCUT2D eigenvalue weighted by Crippen LogP contribution is -2.31. The van der Waals surface area contributed by atoms with Crippen molar-refractivity contribution in [3.63, 3.8) is 0 Å². The third kappa shape index (κ3) is 3.57. The molecule has 19 heavy (non-hydrogen) atoms. The van der Waals surface area contributed by atoms with E-state index < -0.39 is 10.0 Å². The Hall–Kier alpha value is -0.880. The first-order valence-electron chi connectivity index (χ1n) is 5.78. The largest absolute Gasteiger partial charge is 0.252 e. The predicted octanol–water partition coefficient (Wildman–Crippen LogP) is 3.18. The van der Waals surface area contributed by atoms with Gasteiger partial charge in [0.05, 0.1) is 0 Å². The number of nitrogens with zero attached hydrogens (tertiary/aromatic N) is 1. The van der Waals surface area contributed by atoms with Crippen molar-refractivity contribution in [2.45, 2.75) is 10.8 Å². The van der Waals surface area contributed by atoms with E-state index in [2.05, 4.69) is 0 Å². The molecule has 1 aromatic heterocycles. The second-order valence-corrected chi connectivity index (χ2v) is 7.44. The summed E-state index contributed by atoms with van der Waals surface area (Å²) in [4.78, 5) is 0. The molecule has 102 valence electrons. The minimum absolute atomic E-state index is 0.275. The van der Waals surface area contributed by atoms with E-state index in [0.29, 0.717) is 17.3 Å². The summed E-state index contributed by atoms with van der Waals surface area (Å²) in [7, 11) is -3.45. The molecule has 0 aliphatic rings. The van der Waals surface area contributed by atoms with Crippen molar-refractivity contribution in [3.8, 4) is 0 Å². The Kier molecular flexibility index (Phi) is 4.99. The van der Waals surface area contributed by atoms with Gasteiger partial charge in [0.15, 0.2) is 0 Å². The zero-order chi connectivity index (χ0) is 13.7. The summed E-state index contributed by atoms with van der Waals surface area (Å²) >= 11 is 6.95. The SMILES string of the molecule is O=S(=O)(c1cccs1)N(CCCl)Cc1ccccc1. The number of benzene rings is 1. The summed E-state index contributed by atoms with van der Waals surface area (Å²) in [6.45, 7) is 0.643. The Bertz CT molecular complexity index is 597. The first-order chi connectivity index (χ1) is 9.14. The second kappa shape index (κ2) is 6.52. The van der Waals surface area contributed by atoms with Gasteiger partial charge in [0.25, 0.3) is 10.0 Å². The van der Waals surface area contributed by atoms with Gasteiger partial charge < -0.3 is 0 Å². The number of hydrogen-bond donors (Lipinski definition) is 0. The van der Waals surface area contributed by atoms with E-state index in [9.17, 15) is 8.42 Å². The molecule has 0 aliphatic carbocycles. The van der Waals surface area contributed by atoms with Crippen LogP contribution in [-0.2, 0) is 16.6 Å². The fourth-order valence-electron chi connectivity index (χ4n) is 1.70. The van der Waals surface area contributed by atoms with Gasteiger partial charge in [-0.25, -0.2) is 8.42 Å². The van der Waals surface area contributed by atoms with Crippen molar-refractivity contribution < 1.29 is 8.42 Å². The first-order valence-corrected chi connectivity index (χ1v) is 8.63. The molecular formula is C13H14ClNO2S2. The molecule has 0 saturated carbocycles. The van der Waals surface area contributed by atoms with Crippen LogP contribution in [0.3, 0.4) is 0 Å². The van der Waals surface area contributed by atoms with Gasteiger partial charge >= 0.3 is 0 Å². The van der Waals surface area contributed by atoms with Crippen LogP contribution >= 0.6 is 22.9 Å². The zero-order valence-electron chi connectivity index (χ0n) is 10.2. The number of thiophene rings is 1. The molecule has 0 atom stereocenters. The van der Waals surface area contributed by atoms with Crippen LogP contribution in [0.2, 0.25) is 0 Å². The minimum atomic E-state index is -3.45. The molecule has 2 rings (SSSR count). The fourth-order valence-corrected chi connectivity index (χ4v) is 4.58. The van der Waals surface area contributed by atoms with E-state index in [1.54, 1.807) is 17.5 Å². The van der Waals surface area contributed by atoms with Gasteiger partial charge in [-0.3, -0.25) is 0 Å². The number of rotatable bonds is 6. The molecule has 0 radical (unpaired) electrons. The Labute approximate surface area is 122 Å². The highest BCUT2D eigenvalue weighted by atomic mass is 35.5. The van der Waals surface area contributed by atoms with E-state index in [1.807, 2.05) is 30.3 Å². The summed E-state index contributed by atoms with van der Waals surface area (Å²) in [5.41, 5.74) is 0.952. The predicted molar refractivity (Wildman–Crippen MR) is 79.1 cm³/mol. The zero-order valence-corrected chi connectivity index (χ0v) is 12.6. The quantitative estimate of drug-likeness (QED) is 0.768. The molecule has 0 spiro atoms. The lowest BCUT2D eigenvalue weighted by Gasteiger charge is -2.20. The summed E-state index contributed by atoms with van der Waals surface area (Å²) in [5, 5.41) is 1.76. The Balaban J connectivity index is 2.26. The molecule has 3 nitrogen and oxygen atoms in total. The van der Waals surface area contributed by atoms with Crippen LogP contribution in [0.15, 0.2) is 52.1 Å². The van der Waals surface area contributed by atoms with Gasteiger partial charge in [-0.2, -0.15) is 4.31 Å². The van der Waals surface area contributed by atoms with E-state index in [0.717, 1.165) is 5.56 Å². The van der Waals surface area contributed by atoms with Gasteiger partial charge in [0.1, 0.15) is 4.21 Å². The summed E-state index contributed by atoms with van der Waals surface area (Å²) in [5.74, 6) is 0.275. The van der Waals surface area contributed by atoms with Gasteiger partial charge in [-0.15, -0.1) is 22.9 Å². The van der Waals surface area contributed by atoms with Gasteiger partial charge in [-0.1, -0.05) is 36.4 Å². The maximum atomic E-state index is 12.5. The molecule has 0 unspecified atom stereocenters. The number of hydrogen-bond acceptors (Lipinski definition) is 3. The van der Waals surface area contributed by atoms with Crippen molar-refractivity contribution in [2.24, 2.45) is 0 Å². The average molecular weight is 316 g/mol. The number of alkyl halides is 1. The highest BCUT2D eigenvalue weighted by Gasteiger charge is 2.24. The maximum absolute atomic E-state index is 12.5. The van der Waals surface area contributed by atoms with E-state index in [-0.39, 0.29) is 5.88 Å². The third-order valence-electron chi connectivity index (χ3n) is 2.62. The highest BCUT2D eigenvalue weighted by Crippen LogP contribution is 2.22. The number of sulfonamides is 1. The van der Waals surface area contributed by atoms with Crippen molar-refractivity contribution >= 4 is 33.0 Å². The molecule has 1 heterocycles. The van der Waals surface area contributed by atoms with Crippen LogP contribution in [-0.4, -0.2) is 25.1 Å². The summed E-state index contributed by atoms with van der Waals surface area (Å²) in [6.07, 6.45) is 0. The van der Waals surface area contributed by atoms with Gasteiger partial charge in [0, 0.05) is 19.0 Å². The lowest BCUT2D eigenvalue weighted by molar-refractivity contribution is 0.426. The van der Waals surface area contributed by atoms with E-state index in [1.165, 1.54) is 15.6 Å². The van der Waals surface area contributed by atoms with Crippen molar-refractivity contribution in [1.82, 2.24) is 4.31 Å². The topological polar surface area (TPSA) is 37.4 Å².